The zero-order valence-corrected chi connectivity index (χ0v) is 15.4. The number of nitrogens with one attached hydrogen (secondary N) is 1. The van der Waals surface area contributed by atoms with Gasteiger partial charge in [0.25, 0.3) is 0 Å². The molecule has 0 spiro atoms. The lowest BCUT2D eigenvalue weighted by Gasteiger charge is -2.57. The van der Waals surface area contributed by atoms with Gasteiger partial charge in [-0.25, -0.2) is 0 Å². The van der Waals surface area contributed by atoms with E-state index in [0.29, 0.717) is 17.6 Å². The van der Waals surface area contributed by atoms with Gasteiger partial charge in [0.1, 0.15) is 11.5 Å². The van der Waals surface area contributed by atoms with Crippen molar-refractivity contribution >= 4 is 0 Å². The summed E-state index contributed by atoms with van der Waals surface area (Å²) < 4.78 is 0. The fourth-order valence-electron chi connectivity index (χ4n) is 6.92. The molecule has 1 aromatic rings. The van der Waals surface area contributed by atoms with Gasteiger partial charge in [0.15, 0.2) is 0 Å². The lowest BCUT2D eigenvalue weighted by atomic mass is 9.48. The second kappa shape index (κ2) is 4.91. The zero-order valence-electron chi connectivity index (χ0n) is 15.4. The molecule has 4 atom stereocenters. The molecule has 0 amide bonds. The molecule has 0 unspecified atom stereocenters. The van der Waals surface area contributed by atoms with E-state index < -0.39 is 0 Å². The molecule has 132 valence electrons. The zero-order chi connectivity index (χ0) is 17.3. The molecule has 1 heterocycles. The van der Waals surface area contributed by atoms with Crippen molar-refractivity contribution in [3.63, 3.8) is 0 Å². The van der Waals surface area contributed by atoms with E-state index in [0.717, 1.165) is 30.5 Å². The average molecular weight is 329 g/mol. The van der Waals surface area contributed by atoms with Gasteiger partial charge < -0.3 is 15.5 Å². The minimum atomic E-state index is 0.0266. The van der Waals surface area contributed by atoms with Crippen molar-refractivity contribution in [2.75, 3.05) is 6.54 Å². The number of hydrogen-bond acceptors (Lipinski definition) is 3. The molecular weight excluding hydrogens is 298 g/mol. The monoisotopic (exact) mass is 329 g/mol. The van der Waals surface area contributed by atoms with E-state index in [1.165, 1.54) is 25.3 Å². The van der Waals surface area contributed by atoms with Gasteiger partial charge in [-0.05, 0) is 81.4 Å². The summed E-state index contributed by atoms with van der Waals surface area (Å²) in [7, 11) is 0. The van der Waals surface area contributed by atoms with E-state index >= 15 is 0 Å². The quantitative estimate of drug-likeness (QED) is 0.671. The van der Waals surface area contributed by atoms with Crippen LogP contribution in [-0.4, -0.2) is 22.3 Å². The van der Waals surface area contributed by atoms with Crippen LogP contribution in [0.25, 0.3) is 0 Å². The molecule has 2 fully saturated rings. The summed E-state index contributed by atoms with van der Waals surface area (Å²) in [5.41, 5.74) is 2.72. The lowest BCUT2D eigenvalue weighted by Crippen LogP contribution is -2.57. The molecule has 2 aliphatic carbocycles. The van der Waals surface area contributed by atoms with E-state index in [4.69, 9.17) is 0 Å². The number of phenolic OH excluding ortho intramolecular Hbond substituents is 2. The van der Waals surface area contributed by atoms with Crippen LogP contribution >= 0.6 is 0 Å². The van der Waals surface area contributed by atoms with Crippen LogP contribution in [0.3, 0.4) is 0 Å². The van der Waals surface area contributed by atoms with Crippen LogP contribution in [0, 0.1) is 17.3 Å². The summed E-state index contributed by atoms with van der Waals surface area (Å²) in [6.07, 6.45) is 5.76. The van der Waals surface area contributed by atoms with E-state index in [1.54, 1.807) is 0 Å². The minimum absolute atomic E-state index is 0.0266. The highest BCUT2D eigenvalue weighted by Crippen LogP contribution is 2.65. The van der Waals surface area contributed by atoms with Gasteiger partial charge in [0.2, 0.25) is 0 Å². The van der Waals surface area contributed by atoms with Gasteiger partial charge in [0, 0.05) is 22.6 Å². The number of fused-ring (bicyclic) bond motifs is 5. The topological polar surface area (TPSA) is 52.5 Å². The molecular formula is C21H31NO2. The number of aromatic hydroxyl groups is 2. The van der Waals surface area contributed by atoms with Crippen molar-refractivity contribution in [2.24, 2.45) is 17.3 Å². The third-order valence-electron chi connectivity index (χ3n) is 7.84. The summed E-state index contributed by atoms with van der Waals surface area (Å²) >= 11 is 0. The fourth-order valence-corrected chi connectivity index (χ4v) is 6.92. The SMILES string of the molecule is CC1(C)NCCC[C@]2(C)[C@H]3Cc4cc(O)cc(O)c4[C@]3(C)CC[C@@H]12. The lowest BCUT2D eigenvalue weighted by molar-refractivity contribution is -0.0421. The first-order chi connectivity index (χ1) is 11.2. The highest BCUT2D eigenvalue weighted by molar-refractivity contribution is 5.54. The third kappa shape index (κ3) is 2.00. The first-order valence-corrected chi connectivity index (χ1v) is 9.49. The molecule has 1 saturated carbocycles. The van der Waals surface area contributed by atoms with Crippen LogP contribution in [-0.2, 0) is 11.8 Å². The smallest absolute Gasteiger partial charge is 0.123 e. The van der Waals surface area contributed by atoms with Crippen LogP contribution in [0.5, 0.6) is 11.5 Å². The molecule has 3 nitrogen and oxygen atoms in total. The van der Waals surface area contributed by atoms with Gasteiger partial charge in [-0.15, -0.1) is 0 Å². The van der Waals surface area contributed by atoms with Crippen molar-refractivity contribution in [3.8, 4) is 11.5 Å². The highest BCUT2D eigenvalue weighted by Gasteiger charge is 2.60. The molecule has 0 radical (unpaired) electrons. The van der Waals surface area contributed by atoms with Crippen LogP contribution in [0.1, 0.15) is 64.5 Å². The molecule has 24 heavy (non-hydrogen) atoms. The Morgan fingerprint density at radius 2 is 1.79 bits per heavy atom. The largest absolute Gasteiger partial charge is 0.508 e. The first kappa shape index (κ1) is 16.3. The molecule has 1 aromatic carbocycles. The van der Waals surface area contributed by atoms with E-state index in [-0.39, 0.29) is 22.1 Å². The Balaban J connectivity index is 1.84. The highest BCUT2D eigenvalue weighted by atomic mass is 16.3. The Morgan fingerprint density at radius 1 is 1.04 bits per heavy atom. The number of hydrogen-bond donors (Lipinski definition) is 3. The molecule has 3 aliphatic rings. The summed E-state index contributed by atoms with van der Waals surface area (Å²) in [5.74, 6) is 1.67. The number of phenols is 2. The third-order valence-corrected chi connectivity index (χ3v) is 7.84. The van der Waals surface area contributed by atoms with E-state index in [2.05, 4.69) is 33.0 Å². The van der Waals surface area contributed by atoms with Gasteiger partial charge in [0.05, 0.1) is 0 Å². The van der Waals surface area contributed by atoms with Gasteiger partial charge in [-0.2, -0.15) is 0 Å². The molecule has 1 aliphatic heterocycles. The minimum Gasteiger partial charge on any atom is -0.508 e. The summed E-state index contributed by atoms with van der Waals surface area (Å²) in [6.45, 7) is 10.7. The van der Waals surface area contributed by atoms with Crippen LogP contribution < -0.4 is 5.32 Å². The van der Waals surface area contributed by atoms with E-state index in [1.807, 2.05) is 6.07 Å². The Kier molecular flexibility index (Phi) is 3.32. The van der Waals surface area contributed by atoms with Gasteiger partial charge in [-0.3, -0.25) is 0 Å². The maximum atomic E-state index is 10.6. The van der Waals surface area contributed by atoms with Crippen LogP contribution in [0.15, 0.2) is 12.1 Å². The Bertz CT molecular complexity index is 683. The van der Waals surface area contributed by atoms with Gasteiger partial charge >= 0.3 is 0 Å². The predicted octanol–water partition coefficient (Wildman–Crippen LogP) is 4.11. The maximum Gasteiger partial charge on any atom is 0.123 e. The van der Waals surface area contributed by atoms with Crippen molar-refractivity contribution in [3.05, 3.63) is 23.3 Å². The van der Waals surface area contributed by atoms with Crippen molar-refractivity contribution < 1.29 is 10.2 Å². The van der Waals surface area contributed by atoms with Gasteiger partial charge in [-0.1, -0.05) is 13.8 Å². The Morgan fingerprint density at radius 3 is 2.54 bits per heavy atom. The van der Waals surface area contributed by atoms with E-state index in [9.17, 15) is 10.2 Å². The Hall–Kier alpha value is -1.22. The summed E-state index contributed by atoms with van der Waals surface area (Å²) in [4.78, 5) is 0. The average Bonchev–Trinajstić information content (AvgIpc) is 2.71. The maximum absolute atomic E-state index is 10.6. The molecule has 3 N–H and O–H groups in total. The molecule has 1 saturated heterocycles. The first-order valence-electron chi connectivity index (χ1n) is 9.49. The molecule has 3 heteroatoms. The van der Waals surface area contributed by atoms with Crippen molar-refractivity contribution in [2.45, 2.75) is 70.8 Å². The molecule has 0 bridgehead atoms. The summed E-state index contributed by atoms with van der Waals surface area (Å²) in [5, 5.41) is 24.3. The number of rotatable bonds is 0. The fraction of sp³-hybridized carbons (Fsp3) is 0.714. The standard InChI is InChI=1S/C21H31NO2/c1-19(2)16-6-8-21(4)17(20(16,3)7-5-9-22-19)11-13-10-14(23)12-15(24)18(13)21/h10,12,16-17,22-24H,5-9,11H2,1-4H3/t16-,17+,20-,21+/m0/s1. The van der Waals surface area contributed by atoms with Crippen molar-refractivity contribution in [1.29, 1.82) is 0 Å². The summed E-state index contributed by atoms with van der Waals surface area (Å²) in [6, 6.07) is 3.41. The van der Waals surface area contributed by atoms with Crippen LogP contribution in [0.4, 0.5) is 0 Å². The Labute approximate surface area is 145 Å². The molecule has 0 aromatic heterocycles. The predicted molar refractivity (Wildman–Crippen MR) is 96.5 cm³/mol. The second-order valence-corrected chi connectivity index (χ2v) is 9.52. The number of benzene rings is 1. The normalized spacial score (nSPS) is 40.3. The van der Waals surface area contributed by atoms with Crippen molar-refractivity contribution in [1.82, 2.24) is 5.32 Å². The second-order valence-electron chi connectivity index (χ2n) is 9.52. The molecule has 4 rings (SSSR count). The van der Waals surface area contributed by atoms with Crippen LogP contribution in [0.2, 0.25) is 0 Å².